The topological polar surface area (TPSA) is 49.8 Å². The highest BCUT2D eigenvalue weighted by molar-refractivity contribution is 7.07. The quantitative estimate of drug-likeness (QED) is 0.843. The number of aliphatic hydroxyl groups is 1. The summed E-state index contributed by atoms with van der Waals surface area (Å²) in [6.07, 6.45) is 0.601. The fourth-order valence-electron chi connectivity index (χ4n) is 2.43. The minimum absolute atomic E-state index is 0.0689. The van der Waals surface area contributed by atoms with Crippen LogP contribution in [0.1, 0.15) is 29.3 Å². The number of halogens is 1. The number of nitrogens with zero attached hydrogens (tertiary/aromatic N) is 1. The second-order valence-corrected chi connectivity index (χ2v) is 5.91. The molecule has 0 radical (unpaired) electrons. The molecule has 1 N–H and O–H groups in total. The van der Waals surface area contributed by atoms with E-state index in [0.717, 1.165) is 5.56 Å². The lowest BCUT2D eigenvalue weighted by Gasteiger charge is -2.30. The summed E-state index contributed by atoms with van der Waals surface area (Å²) in [6.45, 7) is 2.11. The van der Waals surface area contributed by atoms with E-state index in [0.29, 0.717) is 13.0 Å². The van der Waals surface area contributed by atoms with Crippen molar-refractivity contribution in [1.82, 2.24) is 4.90 Å². The molecule has 124 valence electrons. The van der Waals surface area contributed by atoms with Crippen LogP contribution in [0.4, 0.5) is 4.39 Å². The zero-order chi connectivity index (χ0) is 16.8. The first-order chi connectivity index (χ1) is 11.1. The van der Waals surface area contributed by atoms with Gasteiger partial charge in [0.05, 0.1) is 25.3 Å². The zero-order valence-corrected chi connectivity index (χ0v) is 14.0. The molecule has 4 nitrogen and oxygen atoms in total. The second-order valence-electron chi connectivity index (χ2n) is 5.13. The molecule has 1 amide bonds. The lowest BCUT2D eigenvalue weighted by atomic mass is 10.1. The molecular weight excluding hydrogens is 317 g/mol. The van der Waals surface area contributed by atoms with E-state index in [-0.39, 0.29) is 29.9 Å². The third-order valence-electron chi connectivity index (χ3n) is 3.72. The highest BCUT2D eigenvalue weighted by Gasteiger charge is 2.26. The monoisotopic (exact) mass is 337 g/mol. The van der Waals surface area contributed by atoms with E-state index in [2.05, 4.69) is 0 Å². The minimum Gasteiger partial charge on any atom is -0.493 e. The van der Waals surface area contributed by atoms with E-state index >= 15 is 0 Å². The number of ether oxygens (including phenoxy) is 1. The summed E-state index contributed by atoms with van der Waals surface area (Å²) in [6, 6.07) is 5.86. The summed E-state index contributed by atoms with van der Waals surface area (Å²) in [5, 5.41) is 13.5. The molecule has 6 heteroatoms. The average molecular weight is 337 g/mol. The summed E-state index contributed by atoms with van der Waals surface area (Å²) in [5.41, 5.74) is 1.14. The van der Waals surface area contributed by atoms with Gasteiger partial charge in [-0.25, -0.2) is 4.39 Å². The predicted octanol–water partition coefficient (Wildman–Crippen LogP) is 3.31. The molecule has 0 fully saturated rings. The third kappa shape index (κ3) is 3.89. The molecule has 0 bridgehead atoms. The van der Waals surface area contributed by atoms with Crippen LogP contribution in [0, 0.1) is 5.82 Å². The molecule has 2 aromatic rings. The van der Waals surface area contributed by atoms with Crippen molar-refractivity contribution in [1.29, 1.82) is 0 Å². The van der Waals surface area contributed by atoms with E-state index in [1.165, 1.54) is 25.3 Å². The third-order valence-corrected chi connectivity index (χ3v) is 4.45. The van der Waals surface area contributed by atoms with E-state index in [1.807, 2.05) is 23.8 Å². The van der Waals surface area contributed by atoms with Crippen molar-refractivity contribution < 1.29 is 19.0 Å². The Morgan fingerprint density at radius 2 is 2.22 bits per heavy atom. The summed E-state index contributed by atoms with van der Waals surface area (Å²) in [5.74, 6) is -1.00. The molecule has 1 atom stereocenters. The number of amides is 1. The highest BCUT2D eigenvalue weighted by atomic mass is 32.1. The van der Waals surface area contributed by atoms with E-state index in [9.17, 15) is 14.3 Å². The van der Waals surface area contributed by atoms with Crippen molar-refractivity contribution in [2.24, 2.45) is 0 Å². The van der Waals surface area contributed by atoms with Crippen LogP contribution in [0.2, 0.25) is 0 Å². The van der Waals surface area contributed by atoms with Gasteiger partial charge in [-0.1, -0.05) is 13.0 Å². The number of para-hydroxylation sites is 1. The highest BCUT2D eigenvalue weighted by Crippen LogP contribution is 2.26. The van der Waals surface area contributed by atoms with Gasteiger partial charge in [0.1, 0.15) is 0 Å². The average Bonchev–Trinajstić information content (AvgIpc) is 3.07. The molecular formula is C17H20FNO3S. The Labute approximate surface area is 139 Å². The molecule has 1 heterocycles. The Hall–Kier alpha value is -1.92. The first kappa shape index (κ1) is 17.4. The number of hydrogen-bond donors (Lipinski definition) is 1. The van der Waals surface area contributed by atoms with Crippen LogP contribution in [0.5, 0.6) is 5.75 Å². The van der Waals surface area contributed by atoms with Crippen LogP contribution < -0.4 is 4.74 Å². The SMILES string of the molecule is CC[C@H](CO)N(Cc1ccsc1)C(=O)c1cccc(F)c1OC. The molecule has 0 saturated carbocycles. The van der Waals surface area contributed by atoms with Gasteiger partial charge in [-0.2, -0.15) is 11.3 Å². The van der Waals surface area contributed by atoms with Gasteiger partial charge in [-0.05, 0) is 40.9 Å². The largest absolute Gasteiger partial charge is 0.493 e. The molecule has 0 unspecified atom stereocenters. The number of carbonyl (C=O) groups excluding carboxylic acids is 1. The van der Waals surface area contributed by atoms with Crippen LogP contribution in [0.3, 0.4) is 0 Å². The number of thiophene rings is 1. The maximum Gasteiger partial charge on any atom is 0.258 e. The Bertz CT molecular complexity index is 641. The van der Waals surface area contributed by atoms with Gasteiger partial charge in [0.2, 0.25) is 0 Å². The van der Waals surface area contributed by atoms with Crippen LogP contribution in [0.15, 0.2) is 35.0 Å². The number of rotatable bonds is 7. The fourth-order valence-corrected chi connectivity index (χ4v) is 3.09. The first-order valence-electron chi connectivity index (χ1n) is 7.37. The van der Waals surface area contributed by atoms with Gasteiger partial charge in [-0.15, -0.1) is 0 Å². The van der Waals surface area contributed by atoms with Crippen LogP contribution >= 0.6 is 11.3 Å². The lowest BCUT2D eigenvalue weighted by Crippen LogP contribution is -2.41. The van der Waals surface area contributed by atoms with Crippen molar-refractivity contribution in [2.45, 2.75) is 25.9 Å². The van der Waals surface area contributed by atoms with Gasteiger partial charge in [0, 0.05) is 6.54 Å². The Balaban J connectivity index is 2.38. The Morgan fingerprint density at radius 1 is 1.43 bits per heavy atom. The second kappa shape index (κ2) is 8.08. The summed E-state index contributed by atoms with van der Waals surface area (Å²) in [7, 11) is 1.34. The van der Waals surface area contributed by atoms with Crippen molar-refractivity contribution >= 4 is 17.2 Å². The standard InChI is InChI=1S/C17H20FNO3S/c1-3-13(10-20)19(9-12-7-8-23-11-12)17(21)14-5-4-6-15(18)16(14)22-2/h4-8,11,13,20H,3,9-10H2,1-2H3/t13-/m1/s1. The van der Waals surface area contributed by atoms with Gasteiger partial charge in [-0.3, -0.25) is 4.79 Å². The van der Waals surface area contributed by atoms with Crippen molar-refractivity contribution in [3.8, 4) is 5.75 Å². The van der Waals surface area contributed by atoms with Crippen molar-refractivity contribution in [2.75, 3.05) is 13.7 Å². The molecule has 0 aliphatic rings. The van der Waals surface area contributed by atoms with E-state index in [1.54, 1.807) is 16.2 Å². The molecule has 0 aliphatic carbocycles. The number of carbonyl (C=O) groups is 1. The maximum atomic E-state index is 13.9. The number of aliphatic hydroxyl groups excluding tert-OH is 1. The number of methoxy groups -OCH3 is 1. The van der Waals surface area contributed by atoms with Crippen LogP contribution in [0.25, 0.3) is 0 Å². The smallest absolute Gasteiger partial charge is 0.258 e. The molecule has 0 saturated heterocycles. The lowest BCUT2D eigenvalue weighted by molar-refractivity contribution is 0.0560. The molecule has 1 aromatic carbocycles. The fraction of sp³-hybridized carbons (Fsp3) is 0.353. The van der Waals surface area contributed by atoms with Gasteiger partial charge in [0.15, 0.2) is 11.6 Å². The van der Waals surface area contributed by atoms with E-state index < -0.39 is 5.82 Å². The molecule has 23 heavy (non-hydrogen) atoms. The van der Waals surface area contributed by atoms with E-state index in [4.69, 9.17) is 4.74 Å². The molecule has 0 aliphatic heterocycles. The first-order valence-corrected chi connectivity index (χ1v) is 8.32. The van der Waals surface area contributed by atoms with Crippen LogP contribution in [-0.2, 0) is 6.54 Å². The van der Waals surface area contributed by atoms with Gasteiger partial charge in [0.25, 0.3) is 5.91 Å². The maximum absolute atomic E-state index is 13.9. The Morgan fingerprint density at radius 3 is 2.78 bits per heavy atom. The van der Waals surface area contributed by atoms with Gasteiger partial charge >= 0.3 is 0 Å². The number of hydrogen-bond acceptors (Lipinski definition) is 4. The predicted molar refractivity (Wildman–Crippen MR) is 88.3 cm³/mol. The summed E-state index contributed by atoms with van der Waals surface area (Å²) < 4.78 is 18.9. The minimum atomic E-state index is -0.578. The zero-order valence-electron chi connectivity index (χ0n) is 13.2. The summed E-state index contributed by atoms with van der Waals surface area (Å²) in [4.78, 5) is 14.5. The Kier molecular flexibility index (Phi) is 6.12. The van der Waals surface area contributed by atoms with Crippen molar-refractivity contribution in [3.05, 3.63) is 52.0 Å². The molecule has 0 spiro atoms. The van der Waals surface area contributed by atoms with Crippen LogP contribution in [-0.4, -0.2) is 35.7 Å². The molecule has 1 aromatic heterocycles. The van der Waals surface area contributed by atoms with Crippen molar-refractivity contribution in [3.63, 3.8) is 0 Å². The number of benzene rings is 1. The summed E-state index contributed by atoms with van der Waals surface area (Å²) >= 11 is 1.54. The normalized spacial score (nSPS) is 12.0. The van der Waals surface area contributed by atoms with Gasteiger partial charge < -0.3 is 14.7 Å². The molecule has 2 rings (SSSR count).